The first-order valence-corrected chi connectivity index (χ1v) is 7.70. The van der Waals surface area contributed by atoms with Crippen LogP contribution in [0.3, 0.4) is 0 Å². The smallest absolute Gasteiger partial charge is 0.246 e. The zero-order valence-corrected chi connectivity index (χ0v) is 11.6. The number of hydrogen-bond donors (Lipinski definition) is 1. The van der Waals surface area contributed by atoms with E-state index in [4.69, 9.17) is 0 Å². The first-order chi connectivity index (χ1) is 8.61. The van der Waals surface area contributed by atoms with Gasteiger partial charge in [-0.25, -0.2) is 13.4 Å². The van der Waals surface area contributed by atoms with Crippen LogP contribution in [0.1, 0.15) is 26.2 Å². The van der Waals surface area contributed by atoms with Gasteiger partial charge >= 0.3 is 0 Å². The highest BCUT2D eigenvalue weighted by molar-refractivity contribution is 7.89. The normalized spacial score (nSPS) is 15.9. The van der Waals surface area contributed by atoms with Gasteiger partial charge in [-0.05, 0) is 31.4 Å². The Morgan fingerprint density at radius 3 is 2.78 bits per heavy atom. The van der Waals surface area contributed by atoms with Gasteiger partial charge in [0.15, 0.2) is 0 Å². The van der Waals surface area contributed by atoms with E-state index in [1.807, 2.05) is 6.92 Å². The monoisotopic (exact) mass is 269 g/mol. The molecule has 18 heavy (non-hydrogen) atoms. The molecule has 0 aromatic carbocycles. The molecule has 1 aliphatic rings. The van der Waals surface area contributed by atoms with Crippen LogP contribution < -0.4 is 5.32 Å². The summed E-state index contributed by atoms with van der Waals surface area (Å²) in [6.07, 6.45) is 4.35. The third-order valence-corrected chi connectivity index (χ3v) is 4.98. The molecule has 1 fully saturated rings. The molecule has 0 aliphatic heterocycles. The fourth-order valence-electron chi connectivity index (χ4n) is 1.99. The number of nitrogens with one attached hydrogen (secondary N) is 1. The molecule has 0 bridgehead atoms. The highest BCUT2D eigenvalue weighted by atomic mass is 32.2. The van der Waals surface area contributed by atoms with E-state index in [9.17, 15) is 8.42 Å². The molecular weight excluding hydrogens is 250 g/mol. The lowest BCUT2D eigenvalue weighted by atomic mass is 10.4. The van der Waals surface area contributed by atoms with Crippen LogP contribution in [-0.4, -0.2) is 37.3 Å². The van der Waals surface area contributed by atoms with Crippen molar-refractivity contribution in [2.24, 2.45) is 0 Å². The van der Waals surface area contributed by atoms with Gasteiger partial charge in [0.05, 0.1) is 0 Å². The maximum Gasteiger partial charge on any atom is 0.246 e. The van der Waals surface area contributed by atoms with Crippen molar-refractivity contribution in [2.45, 2.75) is 37.1 Å². The van der Waals surface area contributed by atoms with Crippen molar-refractivity contribution in [3.05, 3.63) is 18.3 Å². The Morgan fingerprint density at radius 2 is 2.22 bits per heavy atom. The lowest BCUT2D eigenvalue weighted by Gasteiger charge is -2.22. The van der Waals surface area contributed by atoms with E-state index in [2.05, 4.69) is 10.3 Å². The van der Waals surface area contributed by atoms with Gasteiger partial charge in [0.1, 0.15) is 10.7 Å². The lowest BCUT2D eigenvalue weighted by molar-refractivity contribution is 0.403. The van der Waals surface area contributed by atoms with Gasteiger partial charge < -0.3 is 5.32 Å². The van der Waals surface area contributed by atoms with Crippen LogP contribution in [0, 0.1) is 0 Å². The average molecular weight is 269 g/mol. The summed E-state index contributed by atoms with van der Waals surface area (Å²) in [5, 5.41) is 2.84. The summed E-state index contributed by atoms with van der Waals surface area (Å²) in [5.41, 5.74) is 0. The van der Waals surface area contributed by atoms with Crippen molar-refractivity contribution < 1.29 is 8.42 Å². The molecule has 1 aromatic rings. The fourth-order valence-corrected chi connectivity index (χ4v) is 3.92. The predicted molar refractivity (Wildman–Crippen MR) is 71.0 cm³/mol. The number of pyridine rings is 1. The number of anilines is 1. The molecule has 1 aromatic heterocycles. The van der Waals surface area contributed by atoms with Crippen LogP contribution in [0.25, 0.3) is 0 Å². The number of sulfonamides is 1. The molecule has 1 heterocycles. The summed E-state index contributed by atoms with van der Waals surface area (Å²) in [5.74, 6) is 0.416. The fraction of sp³-hybridized carbons (Fsp3) is 0.583. The second-order valence-corrected chi connectivity index (χ2v) is 6.31. The minimum absolute atomic E-state index is 0.180. The Labute approximate surface area is 108 Å². The molecule has 0 spiro atoms. The van der Waals surface area contributed by atoms with E-state index in [1.54, 1.807) is 29.7 Å². The average Bonchev–Trinajstić information content (AvgIpc) is 3.19. The largest absolute Gasteiger partial charge is 0.372 e. The molecule has 6 heteroatoms. The first-order valence-electron chi connectivity index (χ1n) is 6.26. The van der Waals surface area contributed by atoms with Gasteiger partial charge in [-0.1, -0.05) is 6.92 Å². The van der Waals surface area contributed by atoms with Crippen molar-refractivity contribution in [3.8, 4) is 0 Å². The van der Waals surface area contributed by atoms with E-state index in [0.717, 1.165) is 19.3 Å². The van der Waals surface area contributed by atoms with Crippen molar-refractivity contribution in [1.82, 2.24) is 9.29 Å². The minimum Gasteiger partial charge on any atom is -0.372 e. The molecule has 0 unspecified atom stereocenters. The van der Waals surface area contributed by atoms with Crippen molar-refractivity contribution in [2.75, 3.05) is 18.9 Å². The van der Waals surface area contributed by atoms with Crippen LogP contribution in [0.4, 0.5) is 5.82 Å². The quantitative estimate of drug-likeness (QED) is 0.853. The predicted octanol–water partition coefficient (Wildman–Crippen LogP) is 1.69. The number of rotatable bonds is 6. The van der Waals surface area contributed by atoms with E-state index >= 15 is 0 Å². The summed E-state index contributed by atoms with van der Waals surface area (Å²) in [7, 11) is -1.75. The Hall–Kier alpha value is -1.14. The first kappa shape index (κ1) is 13.3. The molecule has 5 nitrogen and oxygen atoms in total. The van der Waals surface area contributed by atoms with E-state index in [1.165, 1.54) is 0 Å². The third kappa shape index (κ3) is 2.49. The van der Waals surface area contributed by atoms with Crippen molar-refractivity contribution in [3.63, 3.8) is 0 Å². The van der Waals surface area contributed by atoms with Gasteiger partial charge in [-0.15, -0.1) is 0 Å². The molecule has 2 rings (SSSR count). The zero-order valence-electron chi connectivity index (χ0n) is 10.8. The van der Waals surface area contributed by atoms with Gasteiger partial charge in [0.2, 0.25) is 10.0 Å². The van der Waals surface area contributed by atoms with Crippen LogP contribution in [0.15, 0.2) is 23.2 Å². The Morgan fingerprint density at radius 1 is 1.50 bits per heavy atom. The highest BCUT2D eigenvalue weighted by Crippen LogP contribution is 2.33. The Kier molecular flexibility index (Phi) is 3.87. The molecule has 0 atom stereocenters. The van der Waals surface area contributed by atoms with Crippen LogP contribution in [0.2, 0.25) is 0 Å². The van der Waals surface area contributed by atoms with Crippen LogP contribution in [0.5, 0.6) is 0 Å². The summed E-state index contributed by atoms with van der Waals surface area (Å²) < 4.78 is 26.9. The number of nitrogens with zero attached hydrogens (tertiary/aromatic N) is 2. The third-order valence-electron chi connectivity index (χ3n) is 2.99. The Balaban J connectivity index is 2.39. The van der Waals surface area contributed by atoms with Crippen LogP contribution in [-0.2, 0) is 10.0 Å². The molecule has 1 saturated carbocycles. The zero-order chi connectivity index (χ0) is 13.2. The van der Waals surface area contributed by atoms with E-state index in [0.29, 0.717) is 12.4 Å². The van der Waals surface area contributed by atoms with Gasteiger partial charge in [-0.2, -0.15) is 4.31 Å². The standard InChI is InChI=1S/C12H19N3O2S/c1-3-9-15(10-6-7-10)18(16,17)11-5-4-8-14-12(11)13-2/h4-5,8,10H,3,6-7,9H2,1-2H3,(H,13,14). The summed E-state index contributed by atoms with van der Waals surface area (Å²) in [6.45, 7) is 2.57. The summed E-state index contributed by atoms with van der Waals surface area (Å²) >= 11 is 0. The SMILES string of the molecule is CCCN(C1CC1)S(=O)(=O)c1cccnc1NC. The van der Waals surface area contributed by atoms with Crippen molar-refractivity contribution >= 4 is 15.8 Å². The summed E-state index contributed by atoms with van der Waals surface area (Å²) in [6, 6.07) is 3.45. The molecule has 0 saturated heterocycles. The maximum atomic E-state index is 12.6. The summed E-state index contributed by atoms with van der Waals surface area (Å²) in [4.78, 5) is 4.34. The number of hydrogen-bond acceptors (Lipinski definition) is 4. The molecule has 100 valence electrons. The topological polar surface area (TPSA) is 62.3 Å². The van der Waals surface area contributed by atoms with Gasteiger partial charge in [0, 0.05) is 25.8 Å². The minimum atomic E-state index is -3.43. The number of aromatic nitrogens is 1. The van der Waals surface area contributed by atoms with Crippen molar-refractivity contribution in [1.29, 1.82) is 0 Å². The second-order valence-electron chi connectivity index (χ2n) is 4.45. The van der Waals surface area contributed by atoms with E-state index < -0.39 is 10.0 Å². The molecule has 1 aliphatic carbocycles. The molecular formula is C12H19N3O2S. The highest BCUT2D eigenvalue weighted by Gasteiger charge is 2.38. The van der Waals surface area contributed by atoms with E-state index in [-0.39, 0.29) is 10.9 Å². The van der Waals surface area contributed by atoms with Crippen LogP contribution >= 0.6 is 0 Å². The maximum absolute atomic E-state index is 12.6. The Bertz CT molecular complexity index is 512. The van der Waals surface area contributed by atoms with Gasteiger partial charge in [-0.3, -0.25) is 0 Å². The molecule has 0 radical (unpaired) electrons. The molecule has 1 N–H and O–H groups in total. The second kappa shape index (κ2) is 5.24. The van der Waals surface area contributed by atoms with Gasteiger partial charge in [0.25, 0.3) is 0 Å². The molecule has 0 amide bonds. The lowest BCUT2D eigenvalue weighted by Crippen LogP contribution is -2.34.